The first-order valence-corrected chi connectivity index (χ1v) is 8.59. The van der Waals surface area contributed by atoms with Crippen LogP contribution in [0.3, 0.4) is 0 Å². The Kier molecular flexibility index (Phi) is 6.09. The molecule has 0 radical (unpaired) electrons. The maximum atomic E-state index is 5.50. The average Bonchev–Trinajstić information content (AvgIpc) is 2.81. The first-order chi connectivity index (χ1) is 8.16. The molecule has 0 aromatic carbocycles. The van der Waals surface area contributed by atoms with E-state index in [-0.39, 0.29) is 0 Å². The molecule has 1 aliphatic rings. The van der Waals surface area contributed by atoms with Crippen LogP contribution in [0.2, 0.25) is 6.04 Å². The van der Waals surface area contributed by atoms with Gasteiger partial charge in [0.15, 0.2) is 0 Å². The topological polar surface area (TPSA) is 27.7 Å². The SMILES string of the molecule is CCC[N+]1(CC[Si](OC)(OC)OC)CCCC1. The van der Waals surface area contributed by atoms with Gasteiger partial charge in [-0.3, -0.25) is 0 Å². The van der Waals surface area contributed by atoms with Gasteiger partial charge in [0.05, 0.1) is 32.2 Å². The average molecular weight is 262 g/mol. The van der Waals surface area contributed by atoms with Crippen LogP contribution in [0.15, 0.2) is 0 Å². The molecule has 0 bridgehead atoms. The second-order valence-electron chi connectivity index (χ2n) is 4.99. The molecule has 0 saturated carbocycles. The van der Waals surface area contributed by atoms with Gasteiger partial charge in [-0.15, -0.1) is 0 Å². The molecule has 0 spiro atoms. The van der Waals surface area contributed by atoms with E-state index >= 15 is 0 Å². The number of likely N-dealkylation sites (tertiary alicyclic amines) is 1. The molecular weight excluding hydrogens is 234 g/mol. The van der Waals surface area contributed by atoms with Crippen LogP contribution in [0, 0.1) is 0 Å². The molecule has 1 saturated heterocycles. The van der Waals surface area contributed by atoms with Crippen molar-refractivity contribution >= 4 is 8.80 Å². The zero-order valence-corrected chi connectivity index (χ0v) is 12.8. The van der Waals surface area contributed by atoms with Gasteiger partial charge in [0.1, 0.15) is 0 Å². The summed E-state index contributed by atoms with van der Waals surface area (Å²) >= 11 is 0. The molecule has 0 atom stereocenters. The normalized spacial score (nSPS) is 19.8. The van der Waals surface area contributed by atoms with E-state index in [2.05, 4.69) is 6.92 Å². The summed E-state index contributed by atoms with van der Waals surface area (Å²) in [5, 5.41) is 0. The van der Waals surface area contributed by atoms with E-state index in [4.69, 9.17) is 13.3 Å². The smallest absolute Gasteiger partial charge is 0.377 e. The minimum absolute atomic E-state index is 0.927. The predicted molar refractivity (Wildman–Crippen MR) is 70.8 cm³/mol. The molecule has 1 aliphatic heterocycles. The van der Waals surface area contributed by atoms with Crippen molar-refractivity contribution in [3.05, 3.63) is 0 Å². The number of hydrogen-bond acceptors (Lipinski definition) is 3. The van der Waals surface area contributed by atoms with Crippen molar-refractivity contribution in [2.45, 2.75) is 32.2 Å². The highest BCUT2D eigenvalue weighted by Gasteiger charge is 2.42. The van der Waals surface area contributed by atoms with Gasteiger partial charge in [-0.05, 0) is 6.42 Å². The first-order valence-electron chi connectivity index (χ1n) is 6.66. The van der Waals surface area contributed by atoms with Crippen LogP contribution in [-0.4, -0.2) is 60.8 Å². The quantitative estimate of drug-likeness (QED) is 0.494. The monoisotopic (exact) mass is 262 g/mol. The molecule has 0 aromatic heterocycles. The second kappa shape index (κ2) is 6.85. The maximum Gasteiger partial charge on any atom is 0.505 e. The fraction of sp³-hybridized carbons (Fsp3) is 1.00. The molecular formula is C12H28NO3Si+. The minimum Gasteiger partial charge on any atom is -0.377 e. The van der Waals surface area contributed by atoms with E-state index < -0.39 is 8.80 Å². The van der Waals surface area contributed by atoms with Crippen molar-refractivity contribution in [3.8, 4) is 0 Å². The highest BCUT2D eigenvalue weighted by molar-refractivity contribution is 6.60. The lowest BCUT2D eigenvalue weighted by Crippen LogP contribution is -2.52. The molecule has 1 fully saturated rings. The molecule has 17 heavy (non-hydrogen) atoms. The molecule has 1 heterocycles. The lowest BCUT2D eigenvalue weighted by atomic mass is 10.3. The number of hydrogen-bond donors (Lipinski definition) is 0. The third-order valence-electron chi connectivity index (χ3n) is 4.04. The van der Waals surface area contributed by atoms with E-state index in [1.807, 2.05) is 0 Å². The largest absolute Gasteiger partial charge is 0.505 e. The lowest BCUT2D eigenvalue weighted by molar-refractivity contribution is -0.915. The summed E-state index contributed by atoms with van der Waals surface area (Å²) in [5.41, 5.74) is 0. The van der Waals surface area contributed by atoms with Gasteiger partial charge in [0, 0.05) is 34.2 Å². The van der Waals surface area contributed by atoms with Crippen LogP contribution in [0.4, 0.5) is 0 Å². The van der Waals surface area contributed by atoms with Gasteiger partial charge in [-0.2, -0.15) is 0 Å². The number of rotatable bonds is 8. The van der Waals surface area contributed by atoms with Gasteiger partial charge < -0.3 is 17.8 Å². The van der Waals surface area contributed by atoms with Gasteiger partial charge in [-0.1, -0.05) is 6.92 Å². The Balaban J connectivity index is 2.56. The van der Waals surface area contributed by atoms with Crippen LogP contribution < -0.4 is 0 Å². The second-order valence-corrected chi connectivity index (χ2v) is 8.08. The van der Waals surface area contributed by atoms with E-state index in [0.717, 1.165) is 12.6 Å². The Hall–Kier alpha value is 0.0569. The zero-order chi connectivity index (χ0) is 12.8. The van der Waals surface area contributed by atoms with E-state index in [0.29, 0.717) is 0 Å². The van der Waals surface area contributed by atoms with Gasteiger partial charge in [0.2, 0.25) is 0 Å². The Labute approximate surface area is 107 Å². The van der Waals surface area contributed by atoms with Crippen LogP contribution >= 0.6 is 0 Å². The van der Waals surface area contributed by atoms with Crippen LogP contribution in [-0.2, 0) is 13.3 Å². The van der Waals surface area contributed by atoms with Crippen molar-refractivity contribution < 1.29 is 17.8 Å². The fourth-order valence-electron chi connectivity index (χ4n) is 2.97. The molecule has 4 nitrogen and oxygen atoms in total. The Morgan fingerprint density at radius 3 is 1.88 bits per heavy atom. The Morgan fingerprint density at radius 2 is 1.47 bits per heavy atom. The van der Waals surface area contributed by atoms with Crippen molar-refractivity contribution in [1.82, 2.24) is 0 Å². The van der Waals surface area contributed by atoms with Crippen molar-refractivity contribution in [2.24, 2.45) is 0 Å². The molecule has 0 aliphatic carbocycles. The summed E-state index contributed by atoms with van der Waals surface area (Å²) in [5.74, 6) is 0. The third kappa shape index (κ3) is 3.76. The summed E-state index contributed by atoms with van der Waals surface area (Å²) in [4.78, 5) is 0. The summed E-state index contributed by atoms with van der Waals surface area (Å²) < 4.78 is 17.7. The van der Waals surface area contributed by atoms with Crippen LogP contribution in [0.25, 0.3) is 0 Å². The number of nitrogens with zero attached hydrogens (tertiary/aromatic N) is 1. The molecule has 1 rings (SSSR count). The first kappa shape index (κ1) is 15.1. The van der Waals surface area contributed by atoms with Gasteiger partial charge in [0.25, 0.3) is 0 Å². The summed E-state index contributed by atoms with van der Waals surface area (Å²) in [6, 6.07) is 0.927. The standard InChI is InChI=1S/C12H28NO3Si/c1-5-8-13(9-6-7-10-13)11-12-17(14-2,15-3)16-4/h5-12H2,1-4H3/q+1. The highest BCUT2D eigenvalue weighted by Crippen LogP contribution is 2.24. The molecule has 0 aromatic rings. The summed E-state index contributed by atoms with van der Waals surface area (Å²) in [6.07, 6.45) is 3.98. The van der Waals surface area contributed by atoms with Gasteiger partial charge in [-0.25, -0.2) is 0 Å². The molecule has 5 heteroatoms. The van der Waals surface area contributed by atoms with Gasteiger partial charge >= 0.3 is 8.80 Å². The molecule has 0 unspecified atom stereocenters. The van der Waals surface area contributed by atoms with Crippen LogP contribution in [0.5, 0.6) is 0 Å². The summed E-state index contributed by atoms with van der Waals surface area (Å²) in [6.45, 7) is 7.31. The van der Waals surface area contributed by atoms with Crippen molar-refractivity contribution in [1.29, 1.82) is 0 Å². The van der Waals surface area contributed by atoms with E-state index in [1.54, 1.807) is 21.3 Å². The fourth-order valence-corrected chi connectivity index (χ4v) is 4.83. The van der Waals surface area contributed by atoms with Crippen molar-refractivity contribution in [2.75, 3.05) is 47.5 Å². The summed E-state index contributed by atoms with van der Waals surface area (Å²) in [7, 11) is 2.73. The minimum atomic E-state index is -2.38. The maximum absolute atomic E-state index is 5.50. The Bertz CT molecular complexity index is 208. The van der Waals surface area contributed by atoms with E-state index in [9.17, 15) is 0 Å². The number of quaternary nitrogens is 1. The predicted octanol–water partition coefficient (Wildman–Crippen LogP) is 1.89. The van der Waals surface area contributed by atoms with Crippen LogP contribution in [0.1, 0.15) is 26.2 Å². The zero-order valence-electron chi connectivity index (χ0n) is 11.8. The highest BCUT2D eigenvalue weighted by atomic mass is 28.4. The lowest BCUT2D eigenvalue weighted by Gasteiger charge is -2.36. The molecule has 0 N–H and O–H groups in total. The Morgan fingerprint density at radius 1 is 0.941 bits per heavy atom. The van der Waals surface area contributed by atoms with E-state index in [1.165, 1.54) is 43.4 Å². The molecule has 0 amide bonds. The third-order valence-corrected chi connectivity index (χ3v) is 6.74. The molecule has 102 valence electrons. The van der Waals surface area contributed by atoms with Crippen molar-refractivity contribution in [3.63, 3.8) is 0 Å².